The third-order valence-electron chi connectivity index (χ3n) is 5.19. The van der Waals surface area contributed by atoms with E-state index in [9.17, 15) is 9.59 Å². The molecule has 0 fully saturated rings. The van der Waals surface area contributed by atoms with Gasteiger partial charge in [0.2, 0.25) is 5.91 Å². The lowest BCUT2D eigenvalue weighted by Crippen LogP contribution is -2.41. The van der Waals surface area contributed by atoms with Gasteiger partial charge in [-0.15, -0.1) is 0 Å². The predicted molar refractivity (Wildman–Crippen MR) is 117 cm³/mol. The quantitative estimate of drug-likeness (QED) is 0.680. The van der Waals surface area contributed by atoms with Crippen LogP contribution in [-0.2, 0) is 9.59 Å². The Balaban J connectivity index is 1.49. The highest BCUT2D eigenvalue weighted by atomic mass is 16.5. The fourth-order valence-electron chi connectivity index (χ4n) is 3.65. The molecular formula is C25H24N2O3. The summed E-state index contributed by atoms with van der Waals surface area (Å²) in [6.45, 7) is 2.27. The SMILES string of the molecule is Cc1ccc2c(c1)N(CCC(=O)NC(c1ccccc1)c1ccccc1)C(=O)CO2. The van der Waals surface area contributed by atoms with Crippen molar-refractivity contribution in [2.45, 2.75) is 19.4 Å². The van der Waals surface area contributed by atoms with E-state index in [1.165, 1.54) is 0 Å². The van der Waals surface area contributed by atoms with Crippen LogP contribution in [0, 0.1) is 6.92 Å². The molecule has 1 aliphatic heterocycles. The first-order valence-electron chi connectivity index (χ1n) is 10.0. The summed E-state index contributed by atoms with van der Waals surface area (Å²) in [7, 11) is 0. The van der Waals surface area contributed by atoms with Crippen molar-refractivity contribution in [3.63, 3.8) is 0 Å². The largest absolute Gasteiger partial charge is 0.482 e. The van der Waals surface area contributed by atoms with Crippen molar-refractivity contribution in [3.05, 3.63) is 95.6 Å². The van der Waals surface area contributed by atoms with Crippen LogP contribution in [0.3, 0.4) is 0 Å². The highest BCUT2D eigenvalue weighted by molar-refractivity contribution is 5.98. The average molecular weight is 400 g/mol. The van der Waals surface area contributed by atoms with Crippen molar-refractivity contribution in [2.75, 3.05) is 18.1 Å². The van der Waals surface area contributed by atoms with Gasteiger partial charge < -0.3 is 15.0 Å². The summed E-state index contributed by atoms with van der Waals surface area (Å²) in [6, 6.07) is 25.3. The molecule has 0 aliphatic carbocycles. The maximum atomic E-state index is 12.8. The van der Waals surface area contributed by atoms with Gasteiger partial charge in [-0.1, -0.05) is 66.7 Å². The number of hydrogen-bond acceptors (Lipinski definition) is 3. The van der Waals surface area contributed by atoms with Crippen LogP contribution in [0.5, 0.6) is 5.75 Å². The summed E-state index contributed by atoms with van der Waals surface area (Å²) in [5.41, 5.74) is 3.79. The van der Waals surface area contributed by atoms with Crippen molar-refractivity contribution in [1.29, 1.82) is 0 Å². The number of fused-ring (bicyclic) bond motifs is 1. The third kappa shape index (κ3) is 4.35. The molecule has 0 saturated heterocycles. The molecule has 2 amide bonds. The lowest BCUT2D eigenvalue weighted by Gasteiger charge is -2.29. The van der Waals surface area contributed by atoms with E-state index in [1.54, 1.807) is 4.90 Å². The minimum absolute atomic E-state index is 0.00562. The first-order valence-corrected chi connectivity index (χ1v) is 10.0. The topological polar surface area (TPSA) is 58.6 Å². The molecule has 4 rings (SSSR count). The van der Waals surface area contributed by atoms with Crippen LogP contribution < -0.4 is 15.0 Å². The number of carbonyl (C=O) groups is 2. The Bertz CT molecular complexity index is 995. The molecule has 3 aromatic rings. The standard InChI is InChI=1S/C25H24N2O3/c1-18-12-13-22-21(16-18)27(24(29)17-30-22)15-14-23(28)26-25(19-8-4-2-5-9-19)20-10-6-3-7-11-20/h2-13,16,25H,14-15,17H2,1H3,(H,26,28). The fourth-order valence-corrected chi connectivity index (χ4v) is 3.65. The van der Waals surface area contributed by atoms with Crippen molar-refractivity contribution >= 4 is 17.5 Å². The highest BCUT2D eigenvalue weighted by Crippen LogP contribution is 2.33. The molecule has 0 atom stereocenters. The van der Waals surface area contributed by atoms with E-state index in [4.69, 9.17) is 4.74 Å². The second-order valence-electron chi connectivity index (χ2n) is 7.38. The van der Waals surface area contributed by atoms with E-state index >= 15 is 0 Å². The summed E-state index contributed by atoms with van der Waals surface area (Å²) in [5.74, 6) is 0.428. The Labute approximate surface area is 176 Å². The van der Waals surface area contributed by atoms with Crippen LogP contribution in [-0.4, -0.2) is 25.0 Å². The van der Waals surface area contributed by atoms with Crippen LogP contribution in [0.25, 0.3) is 0 Å². The molecule has 1 aliphatic rings. The van der Waals surface area contributed by atoms with E-state index in [2.05, 4.69) is 5.32 Å². The monoisotopic (exact) mass is 400 g/mol. The molecule has 0 unspecified atom stereocenters. The van der Waals surface area contributed by atoms with E-state index in [1.807, 2.05) is 85.8 Å². The number of hydrogen-bond donors (Lipinski definition) is 1. The minimum Gasteiger partial charge on any atom is -0.482 e. The Morgan fingerprint density at radius 2 is 1.63 bits per heavy atom. The van der Waals surface area contributed by atoms with Crippen LogP contribution in [0.15, 0.2) is 78.9 Å². The second kappa shape index (κ2) is 8.82. The van der Waals surface area contributed by atoms with Gasteiger partial charge in [0.25, 0.3) is 5.91 Å². The number of carbonyl (C=O) groups excluding carboxylic acids is 2. The molecule has 1 N–H and O–H groups in total. The van der Waals surface area contributed by atoms with E-state index in [0.29, 0.717) is 12.3 Å². The molecule has 1 heterocycles. The lowest BCUT2D eigenvalue weighted by molar-refractivity contribution is -0.122. The summed E-state index contributed by atoms with van der Waals surface area (Å²) in [4.78, 5) is 26.9. The van der Waals surface area contributed by atoms with Gasteiger partial charge in [0.15, 0.2) is 6.61 Å². The summed E-state index contributed by atoms with van der Waals surface area (Å²) < 4.78 is 5.52. The molecular weight excluding hydrogens is 376 g/mol. The zero-order valence-corrected chi connectivity index (χ0v) is 16.9. The van der Waals surface area contributed by atoms with Crippen molar-refractivity contribution in [3.8, 4) is 5.75 Å². The van der Waals surface area contributed by atoms with E-state index in [0.717, 1.165) is 22.4 Å². The Morgan fingerprint density at radius 1 is 1.00 bits per heavy atom. The third-order valence-corrected chi connectivity index (χ3v) is 5.19. The number of rotatable bonds is 6. The fraction of sp³-hybridized carbons (Fsp3) is 0.200. The Morgan fingerprint density at radius 3 is 2.27 bits per heavy atom. The minimum atomic E-state index is -0.241. The number of benzene rings is 3. The summed E-state index contributed by atoms with van der Waals surface area (Å²) in [6.07, 6.45) is 0.204. The van der Waals surface area contributed by atoms with Gasteiger partial charge in [0, 0.05) is 13.0 Å². The van der Waals surface area contributed by atoms with Crippen LogP contribution >= 0.6 is 0 Å². The van der Waals surface area contributed by atoms with Crippen molar-refractivity contribution in [1.82, 2.24) is 5.32 Å². The smallest absolute Gasteiger partial charge is 0.265 e. The van der Waals surface area contributed by atoms with Crippen LogP contribution in [0.1, 0.15) is 29.2 Å². The van der Waals surface area contributed by atoms with Crippen molar-refractivity contribution in [2.24, 2.45) is 0 Å². The van der Waals surface area contributed by atoms with Crippen LogP contribution in [0.4, 0.5) is 5.69 Å². The molecule has 30 heavy (non-hydrogen) atoms. The first-order chi connectivity index (χ1) is 14.6. The highest BCUT2D eigenvalue weighted by Gasteiger charge is 2.26. The second-order valence-corrected chi connectivity index (χ2v) is 7.38. The maximum Gasteiger partial charge on any atom is 0.265 e. The molecule has 5 heteroatoms. The molecule has 152 valence electrons. The number of aryl methyl sites for hydroxylation is 1. The van der Waals surface area contributed by atoms with Gasteiger partial charge in [0.1, 0.15) is 5.75 Å². The van der Waals surface area contributed by atoms with Gasteiger partial charge in [-0.05, 0) is 35.7 Å². The van der Waals surface area contributed by atoms with Gasteiger partial charge >= 0.3 is 0 Å². The van der Waals surface area contributed by atoms with Gasteiger partial charge in [0.05, 0.1) is 11.7 Å². The Hall–Kier alpha value is -3.60. The number of nitrogens with one attached hydrogen (secondary N) is 1. The maximum absolute atomic E-state index is 12.8. The van der Waals surface area contributed by atoms with E-state index in [-0.39, 0.29) is 30.9 Å². The molecule has 0 radical (unpaired) electrons. The summed E-state index contributed by atoms with van der Waals surface area (Å²) >= 11 is 0. The molecule has 0 saturated carbocycles. The molecule has 0 bridgehead atoms. The lowest BCUT2D eigenvalue weighted by atomic mass is 9.98. The first kappa shape index (κ1) is 19.7. The molecule has 3 aromatic carbocycles. The summed E-state index contributed by atoms with van der Waals surface area (Å²) in [5, 5.41) is 3.13. The zero-order valence-electron chi connectivity index (χ0n) is 16.9. The average Bonchev–Trinajstić information content (AvgIpc) is 2.78. The number of amides is 2. The molecule has 0 aromatic heterocycles. The van der Waals surface area contributed by atoms with E-state index < -0.39 is 0 Å². The van der Waals surface area contributed by atoms with Gasteiger partial charge in [-0.25, -0.2) is 0 Å². The number of ether oxygens (including phenoxy) is 1. The van der Waals surface area contributed by atoms with Crippen LogP contribution in [0.2, 0.25) is 0 Å². The number of nitrogens with zero attached hydrogens (tertiary/aromatic N) is 1. The van der Waals surface area contributed by atoms with Crippen molar-refractivity contribution < 1.29 is 14.3 Å². The molecule has 0 spiro atoms. The zero-order chi connectivity index (χ0) is 20.9. The molecule has 5 nitrogen and oxygen atoms in total. The number of anilines is 1. The normalized spacial score (nSPS) is 13.0. The van der Waals surface area contributed by atoms with Gasteiger partial charge in [-0.3, -0.25) is 9.59 Å². The Kier molecular flexibility index (Phi) is 5.80. The van der Waals surface area contributed by atoms with Gasteiger partial charge in [-0.2, -0.15) is 0 Å². The predicted octanol–water partition coefficient (Wildman–Crippen LogP) is 4.02.